The molecule has 4 heterocycles. The molecular formula is C17H19N5S. The fourth-order valence-electron chi connectivity index (χ4n) is 2.88. The summed E-state index contributed by atoms with van der Waals surface area (Å²) in [6, 6.07) is 4.17. The summed E-state index contributed by atoms with van der Waals surface area (Å²) in [4.78, 5) is 10.7. The van der Waals surface area contributed by atoms with E-state index in [4.69, 9.17) is 9.98 Å². The van der Waals surface area contributed by atoms with E-state index in [-0.39, 0.29) is 6.17 Å². The maximum absolute atomic E-state index is 4.77. The number of hydrogen-bond donors (Lipinski definition) is 1. The standard InChI is InChI=1S/C17H19N5S/c1-12-5-3-7-17-19-15(20-22(12)17)8-9-16-18-13(11-21(16)2)14-6-4-10-23-14/h3-7,10-11,17H,8-9H2,1-2H3,(H,19,20). The van der Waals surface area contributed by atoms with Crippen molar-refractivity contribution in [2.75, 3.05) is 0 Å². The molecule has 1 N–H and O–H groups in total. The van der Waals surface area contributed by atoms with E-state index in [1.54, 1.807) is 11.3 Å². The molecule has 0 radical (unpaired) electrons. The predicted molar refractivity (Wildman–Crippen MR) is 93.9 cm³/mol. The van der Waals surface area contributed by atoms with Gasteiger partial charge in [-0.05, 0) is 30.5 Å². The third-order valence-electron chi connectivity index (χ3n) is 4.13. The summed E-state index contributed by atoms with van der Waals surface area (Å²) in [6.07, 6.45) is 10.2. The number of hydrazine groups is 1. The number of thiophene rings is 1. The Morgan fingerprint density at radius 2 is 2.26 bits per heavy atom. The Morgan fingerprint density at radius 1 is 1.35 bits per heavy atom. The second kappa shape index (κ2) is 5.70. The van der Waals surface area contributed by atoms with E-state index in [1.165, 1.54) is 10.6 Å². The molecule has 0 amide bonds. The minimum absolute atomic E-state index is 0.0954. The van der Waals surface area contributed by atoms with Crippen molar-refractivity contribution in [1.29, 1.82) is 0 Å². The van der Waals surface area contributed by atoms with Crippen LogP contribution in [0.2, 0.25) is 0 Å². The number of nitrogens with zero attached hydrogens (tertiary/aromatic N) is 4. The molecule has 118 valence electrons. The van der Waals surface area contributed by atoms with Crippen LogP contribution >= 0.6 is 11.3 Å². The average molecular weight is 325 g/mol. The summed E-state index contributed by atoms with van der Waals surface area (Å²) in [5, 5.41) is 4.19. The second-order valence-electron chi connectivity index (χ2n) is 5.79. The van der Waals surface area contributed by atoms with Crippen LogP contribution in [-0.4, -0.2) is 26.6 Å². The van der Waals surface area contributed by atoms with Gasteiger partial charge in [-0.15, -0.1) is 11.3 Å². The molecule has 1 unspecified atom stereocenters. The normalized spacial score (nSPS) is 19.4. The number of fused-ring (bicyclic) bond motifs is 1. The molecule has 1 atom stereocenters. The number of allylic oxidation sites excluding steroid dienone is 3. The van der Waals surface area contributed by atoms with Crippen molar-refractivity contribution < 1.29 is 0 Å². The second-order valence-corrected chi connectivity index (χ2v) is 6.74. The van der Waals surface area contributed by atoms with Crippen LogP contribution in [0, 0.1) is 0 Å². The van der Waals surface area contributed by atoms with Crippen LogP contribution < -0.4 is 5.43 Å². The van der Waals surface area contributed by atoms with E-state index >= 15 is 0 Å². The number of rotatable bonds is 4. The van der Waals surface area contributed by atoms with Crippen LogP contribution in [0.25, 0.3) is 10.6 Å². The first-order valence-corrected chi connectivity index (χ1v) is 8.62. The lowest BCUT2D eigenvalue weighted by molar-refractivity contribution is 0.283. The molecule has 0 bridgehead atoms. The highest BCUT2D eigenvalue weighted by Gasteiger charge is 2.25. The van der Waals surface area contributed by atoms with Crippen LogP contribution in [0.15, 0.2) is 52.6 Å². The fraction of sp³-hybridized carbons (Fsp3) is 0.294. The van der Waals surface area contributed by atoms with E-state index in [0.29, 0.717) is 0 Å². The van der Waals surface area contributed by atoms with Gasteiger partial charge >= 0.3 is 0 Å². The summed E-state index contributed by atoms with van der Waals surface area (Å²) < 4.78 is 2.11. The van der Waals surface area contributed by atoms with Crippen LogP contribution in [0.5, 0.6) is 0 Å². The molecule has 23 heavy (non-hydrogen) atoms. The molecule has 0 spiro atoms. The summed E-state index contributed by atoms with van der Waals surface area (Å²) in [7, 11) is 2.06. The third kappa shape index (κ3) is 2.70. The van der Waals surface area contributed by atoms with Gasteiger partial charge in [0, 0.05) is 31.8 Å². The smallest absolute Gasteiger partial charge is 0.160 e. The predicted octanol–water partition coefficient (Wildman–Crippen LogP) is 3.10. The Kier molecular flexibility index (Phi) is 3.53. The molecule has 0 fully saturated rings. The van der Waals surface area contributed by atoms with Crippen LogP contribution in [0.4, 0.5) is 0 Å². The molecule has 0 saturated heterocycles. The van der Waals surface area contributed by atoms with Crippen molar-refractivity contribution in [2.24, 2.45) is 12.0 Å². The van der Waals surface area contributed by atoms with Gasteiger partial charge in [-0.3, -0.25) is 10.4 Å². The van der Waals surface area contributed by atoms with Crippen LogP contribution in [-0.2, 0) is 13.5 Å². The molecule has 0 aliphatic carbocycles. The Balaban J connectivity index is 1.44. The van der Waals surface area contributed by atoms with Crippen molar-refractivity contribution in [1.82, 2.24) is 20.0 Å². The highest BCUT2D eigenvalue weighted by molar-refractivity contribution is 7.13. The number of aryl methyl sites for hydroxylation is 2. The average Bonchev–Trinajstić information content (AvgIpc) is 3.24. The van der Waals surface area contributed by atoms with Gasteiger partial charge in [0.15, 0.2) is 6.17 Å². The molecule has 2 aliphatic rings. The van der Waals surface area contributed by atoms with Crippen LogP contribution in [0.1, 0.15) is 19.2 Å². The van der Waals surface area contributed by atoms with Crippen molar-refractivity contribution in [3.8, 4) is 10.6 Å². The Hall–Kier alpha value is -2.34. The van der Waals surface area contributed by atoms with Gasteiger partial charge in [0.2, 0.25) is 0 Å². The number of imidazole rings is 1. The van der Waals surface area contributed by atoms with E-state index in [2.05, 4.69) is 70.9 Å². The topological polar surface area (TPSA) is 45.5 Å². The van der Waals surface area contributed by atoms with Crippen LogP contribution in [0.3, 0.4) is 0 Å². The van der Waals surface area contributed by atoms with Crippen molar-refractivity contribution >= 4 is 17.2 Å². The minimum atomic E-state index is 0.0954. The third-order valence-corrected chi connectivity index (χ3v) is 5.03. The van der Waals surface area contributed by atoms with Gasteiger partial charge in [0.25, 0.3) is 0 Å². The monoisotopic (exact) mass is 325 g/mol. The summed E-state index contributed by atoms with van der Waals surface area (Å²) in [5.41, 5.74) is 5.64. The molecule has 0 saturated carbocycles. The van der Waals surface area contributed by atoms with E-state index in [9.17, 15) is 0 Å². The zero-order chi connectivity index (χ0) is 15.8. The van der Waals surface area contributed by atoms with Gasteiger partial charge in [-0.25, -0.2) is 9.98 Å². The lowest BCUT2D eigenvalue weighted by Crippen LogP contribution is -2.39. The molecule has 6 heteroatoms. The summed E-state index contributed by atoms with van der Waals surface area (Å²) in [5.74, 6) is 2.11. The molecule has 0 aromatic carbocycles. The number of amidine groups is 1. The maximum Gasteiger partial charge on any atom is 0.160 e. The minimum Gasteiger partial charge on any atom is -0.337 e. The van der Waals surface area contributed by atoms with Gasteiger partial charge in [-0.1, -0.05) is 12.1 Å². The van der Waals surface area contributed by atoms with E-state index in [1.807, 2.05) is 0 Å². The van der Waals surface area contributed by atoms with E-state index < -0.39 is 0 Å². The number of hydrogen-bond acceptors (Lipinski definition) is 5. The van der Waals surface area contributed by atoms with Gasteiger partial charge in [0.05, 0.1) is 10.6 Å². The summed E-state index contributed by atoms with van der Waals surface area (Å²) in [6.45, 7) is 2.09. The number of nitrogens with one attached hydrogen (secondary N) is 1. The fourth-order valence-corrected chi connectivity index (χ4v) is 3.56. The molecule has 2 aromatic rings. The molecular weight excluding hydrogens is 306 g/mol. The lowest BCUT2D eigenvalue weighted by atomic mass is 10.2. The zero-order valence-corrected chi connectivity index (χ0v) is 14.0. The maximum atomic E-state index is 4.77. The first kappa shape index (κ1) is 14.3. The molecule has 4 rings (SSSR count). The molecule has 5 nitrogen and oxygen atoms in total. The van der Waals surface area contributed by atoms with Gasteiger partial charge in [0.1, 0.15) is 11.7 Å². The largest absolute Gasteiger partial charge is 0.337 e. The zero-order valence-electron chi connectivity index (χ0n) is 13.2. The molecule has 2 aromatic heterocycles. The lowest BCUT2D eigenvalue weighted by Gasteiger charge is -2.26. The van der Waals surface area contributed by atoms with Crippen molar-refractivity contribution in [2.45, 2.75) is 25.9 Å². The molecule has 2 aliphatic heterocycles. The quantitative estimate of drug-likeness (QED) is 0.939. The number of aliphatic imine (C=N–C) groups is 1. The Bertz CT molecular complexity index is 797. The highest BCUT2D eigenvalue weighted by atomic mass is 32.1. The SMILES string of the molecule is CC1=CC=CC2N=C(CCc3nc(-c4cccs4)cn3C)NN12. The Labute approximate surface area is 139 Å². The van der Waals surface area contributed by atoms with Gasteiger partial charge < -0.3 is 4.57 Å². The van der Waals surface area contributed by atoms with Crippen molar-refractivity contribution in [3.63, 3.8) is 0 Å². The first-order valence-electron chi connectivity index (χ1n) is 7.74. The Morgan fingerprint density at radius 3 is 3.04 bits per heavy atom. The number of aromatic nitrogens is 2. The highest BCUT2D eigenvalue weighted by Crippen LogP contribution is 2.24. The van der Waals surface area contributed by atoms with Crippen molar-refractivity contribution in [3.05, 3.63) is 53.5 Å². The first-order chi connectivity index (χ1) is 11.2. The van der Waals surface area contributed by atoms with Gasteiger partial charge in [-0.2, -0.15) is 0 Å². The van der Waals surface area contributed by atoms with E-state index in [0.717, 1.165) is 30.2 Å². The summed E-state index contributed by atoms with van der Waals surface area (Å²) >= 11 is 1.72.